The summed E-state index contributed by atoms with van der Waals surface area (Å²) in [4.78, 5) is 6.14. The summed E-state index contributed by atoms with van der Waals surface area (Å²) in [6.45, 7) is 1.64. The molecule has 2 rings (SSSR count). The topological polar surface area (TPSA) is 51.4 Å². The van der Waals surface area contributed by atoms with Gasteiger partial charge >= 0.3 is 0 Å². The molecule has 2 heterocycles. The van der Waals surface area contributed by atoms with E-state index in [1.165, 1.54) is 0 Å². The van der Waals surface area contributed by atoms with Gasteiger partial charge in [-0.05, 0) is 12.5 Å². The average Bonchev–Trinajstić information content (AvgIpc) is 2.70. The predicted molar refractivity (Wildman–Crippen MR) is 56.3 cm³/mol. The molecule has 0 aliphatic carbocycles. The number of rotatable bonds is 2. The Bertz CT molecular complexity index is 310. The fraction of sp³-hybridized carbons (Fsp3) is 0.500. The van der Waals surface area contributed by atoms with Gasteiger partial charge in [0.1, 0.15) is 0 Å². The smallest absolute Gasteiger partial charge is 0.0738 e. The number of nitrogen functional groups attached to an aromatic ring is 1. The highest BCUT2D eigenvalue weighted by molar-refractivity contribution is 5.66. The number of likely N-dealkylation sites (N-methyl/N-ethyl adjacent to an activating group) is 1. The Kier molecular flexibility index (Phi) is 2.54. The van der Waals surface area contributed by atoms with Gasteiger partial charge in [-0.25, -0.2) is 0 Å². The van der Waals surface area contributed by atoms with Gasteiger partial charge in [0.2, 0.25) is 0 Å². The van der Waals surface area contributed by atoms with Crippen LogP contribution in [0.15, 0.2) is 18.5 Å². The Morgan fingerprint density at radius 3 is 3.14 bits per heavy atom. The van der Waals surface area contributed by atoms with Gasteiger partial charge in [0.05, 0.1) is 30.2 Å². The van der Waals surface area contributed by atoms with Gasteiger partial charge in [-0.15, -0.1) is 0 Å². The van der Waals surface area contributed by atoms with Gasteiger partial charge < -0.3 is 15.4 Å². The summed E-state index contributed by atoms with van der Waals surface area (Å²) >= 11 is 0. The minimum atomic E-state index is 0.444. The van der Waals surface area contributed by atoms with Crippen LogP contribution in [0.3, 0.4) is 0 Å². The Labute approximate surface area is 83.7 Å². The number of anilines is 2. The second-order valence-electron chi connectivity index (χ2n) is 3.56. The van der Waals surface area contributed by atoms with Crippen LogP contribution in [-0.2, 0) is 4.74 Å². The zero-order chi connectivity index (χ0) is 9.97. The zero-order valence-corrected chi connectivity index (χ0v) is 8.31. The van der Waals surface area contributed by atoms with E-state index >= 15 is 0 Å². The Balaban J connectivity index is 2.17. The van der Waals surface area contributed by atoms with Crippen LogP contribution in [0.2, 0.25) is 0 Å². The Morgan fingerprint density at radius 2 is 2.50 bits per heavy atom. The third kappa shape index (κ3) is 1.65. The molecule has 0 aromatic carbocycles. The van der Waals surface area contributed by atoms with Crippen molar-refractivity contribution in [3.05, 3.63) is 18.5 Å². The monoisotopic (exact) mass is 193 g/mol. The molecular formula is C10H15N3O. The van der Waals surface area contributed by atoms with E-state index in [2.05, 4.69) is 9.88 Å². The van der Waals surface area contributed by atoms with Crippen LogP contribution in [0.4, 0.5) is 11.4 Å². The van der Waals surface area contributed by atoms with Gasteiger partial charge in [0.15, 0.2) is 0 Å². The molecule has 0 bridgehead atoms. The van der Waals surface area contributed by atoms with E-state index < -0.39 is 0 Å². The lowest BCUT2D eigenvalue weighted by atomic mass is 10.2. The van der Waals surface area contributed by atoms with E-state index in [1.807, 2.05) is 13.1 Å². The lowest BCUT2D eigenvalue weighted by Crippen LogP contribution is -2.32. The zero-order valence-electron chi connectivity index (χ0n) is 8.31. The van der Waals surface area contributed by atoms with E-state index in [0.29, 0.717) is 6.04 Å². The molecule has 0 radical (unpaired) electrons. The summed E-state index contributed by atoms with van der Waals surface area (Å²) in [6.07, 6.45) is 4.51. The number of aromatic nitrogens is 1. The maximum atomic E-state index is 5.84. The Hall–Kier alpha value is -1.29. The summed E-state index contributed by atoms with van der Waals surface area (Å²) in [5.41, 5.74) is 7.61. The molecule has 1 aliphatic heterocycles. The number of hydrogen-bond donors (Lipinski definition) is 1. The molecule has 1 unspecified atom stereocenters. The first-order valence-electron chi connectivity index (χ1n) is 4.79. The van der Waals surface area contributed by atoms with E-state index in [-0.39, 0.29) is 0 Å². The van der Waals surface area contributed by atoms with Crippen molar-refractivity contribution in [2.24, 2.45) is 0 Å². The molecule has 1 aliphatic rings. The summed E-state index contributed by atoms with van der Waals surface area (Å²) in [5, 5.41) is 0. The molecule has 0 saturated carbocycles. The van der Waals surface area contributed by atoms with Gasteiger partial charge in [0, 0.05) is 19.9 Å². The summed E-state index contributed by atoms with van der Waals surface area (Å²) in [6, 6.07) is 2.38. The summed E-state index contributed by atoms with van der Waals surface area (Å²) in [7, 11) is 2.05. The van der Waals surface area contributed by atoms with Crippen molar-refractivity contribution in [3.8, 4) is 0 Å². The van der Waals surface area contributed by atoms with Crippen LogP contribution in [0.25, 0.3) is 0 Å². The van der Waals surface area contributed by atoms with Gasteiger partial charge in [-0.3, -0.25) is 4.98 Å². The number of ether oxygens (including phenoxy) is 1. The number of hydrogen-bond acceptors (Lipinski definition) is 4. The standard InChI is InChI=1S/C10H15N3O/c1-13(8-3-5-14-7-8)10-2-4-12-6-9(10)11/h2,4,6,8H,3,5,7,11H2,1H3. The van der Waals surface area contributed by atoms with Crippen molar-refractivity contribution in [2.45, 2.75) is 12.5 Å². The Morgan fingerprint density at radius 1 is 1.64 bits per heavy atom. The van der Waals surface area contributed by atoms with E-state index in [0.717, 1.165) is 31.0 Å². The maximum Gasteiger partial charge on any atom is 0.0738 e. The van der Waals surface area contributed by atoms with E-state index in [9.17, 15) is 0 Å². The quantitative estimate of drug-likeness (QED) is 0.757. The lowest BCUT2D eigenvalue weighted by molar-refractivity contribution is 0.193. The summed E-state index contributed by atoms with van der Waals surface area (Å²) < 4.78 is 5.34. The molecule has 76 valence electrons. The first-order valence-corrected chi connectivity index (χ1v) is 4.79. The normalized spacial score (nSPS) is 21.1. The second-order valence-corrected chi connectivity index (χ2v) is 3.56. The van der Waals surface area contributed by atoms with Crippen molar-refractivity contribution in [2.75, 3.05) is 30.9 Å². The van der Waals surface area contributed by atoms with Crippen LogP contribution in [0.5, 0.6) is 0 Å². The highest BCUT2D eigenvalue weighted by Gasteiger charge is 2.21. The minimum absolute atomic E-state index is 0.444. The SMILES string of the molecule is CN(c1ccncc1N)C1CCOC1. The van der Waals surface area contributed by atoms with Gasteiger partial charge in [-0.1, -0.05) is 0 Å². The molecular weight excluding hydrogens is 178 g/mol. The highest BCUT2D eigenvalue weighted by Crippen LogP contribution is 2.24. The average molecular weight is 193 g/mol. The third-order valence-corrected chi connectivity index (χ3v) is 2.66. The number of nitrogens with zero attached hydrogens (tertiary/aromatic N) is 2. The molecule has 2 N–H and O–H groups in total. The molecule has 1 saturated heterocycles. The largest absolute Gasteiger partial charge is 0.396 e. The van der Waals surface area contributed by atoms with Crippen molar-refractivity contribution in [1.82, 2.24) is 4.98 Å². The molecule has 0 amide bonds. The minimum Gasteiger partial charge on any atom is -0.396 e. The molecule has 1 aromatic heterocycles. The molecule has 0 spiro atoms. The fourth-order valence-electron chi connectivity index (χ4n) is 1.74. The fourth-order valence-corrected chi connectivity index (χ4v) is 1.74. The van der Waals surface area contributed by atoms with Crippen molar-refractivity contribution < 1.29 is 4.74 Å². The van der Waals surface area contributed by atoms with Crippen LogP contribution >= 0.6 is 0 Å². The molecule has 1 atom stereocenters. The van der Waals surface area contributed by atoms with Gasteiger partial charge in [0.25, 0.3) is 0 Å². The highest BCUT2D eigenvalue weighted by atomic mass is 16.5. The third-order valence-electron chi connectivity index (χ3n) is 2.66. The van der Waals surface area contributed by atoms with E-state index in [1.54, 1.807) is 12.4 Å². The van der Waals surface area contributed by atoms with Crippen LogP contribution in [0, 0.1) is 0 Å². The predicted octanol–water partition coefficient (Wildman–Crippen LogP) is 0.889. The number of nitrogens with two attached hydrogens (primary N) is 1. The van der Waals surface area contributed by atoms with Crippen molar-refractivity contribution >= 4 is 11.4 Å². The van der Waals surface area contributed by atoms with Crippen molar-refractivity contribution in [1.29, 1.82) is 0 Å². The first kappa shape index (κ1) is 9.27. The van der Waals surface area contributed by atoms with Crippen LogP contribution < -0.4 is 10.6 Å². The first-order chi connectivity index (χ1) is 6.79. The number of pyridine rings is 1. The van der Waals surface area contributed by atoms with Crippen LogP contribution in [0.1, 0.15) is 6.42 Å². The second kappa shape index (κ2) is 3.84. The van der Waals surface area contributed by atoms with Crippen LogP contribution in [-0.4, -0.2) is 31.3 Å². The summed E-state index contributed by atoms with van der Waals surface area (Å²) in [5.74, 6) is 0. The maximum absolute atomic E-state index is 5.84. The molecule has 1 fully saturated rings. The lowest BCUT2D eigenvalue weighted by Gasteiger charge is -2.26. The molecule has 14 heavy (non-hydrogen) atoms. The molecule has 1 aromatic rings. The van der Waals surface area contributed by atoms with Crippen molar-refractivity contribution in [3.63, 3.8) is 0 Å². The molecule has 4 heteroatoms. The molecule has 4 nitrogen and oxygen atoms in total. The van der Waals surface area contributed by atoms with E-state index in [4.69, 9.17) is 10.5 Å². The van der Waals surface area contributed by atoms with Gasteiger partial charge in [-0.2, -0.15) is 0 Å².